The number of nitrogens with two attached hydrogens (primary N) is 1. The summed E-state index contributed by atoms with van der Waals surface area (Å²) in [5, 5.41) is 3.07. The Morgan fingerprint density at radius 2 is 1.94 bits per heavy atom. The summed E-state index contributed by atoms with van der Waals surface area (Å²) in [5.41, 5.74) is 5.70. The molecule has 1 rings (SSSR count). The van der Waals surface area contributed by atoms with Crippen LogP contribution in [0.3, 0.4) is 0 Å². The SMILES string of the molecule is CCCC1CCC(NC(=O)[C@H](N)CC)CC1. The van der Waals surface area contributed by atoms with Gasteiger partial charge >= 0.3 is 0 Å². The molecule has 1 atom stereocenters. The Hall–Kier alpha value is -0.570. The van der Waals surface area contributed by atoms with Crippen molar-refractivity contribution in [2.45, 2.75) is 70.9 Å². The third-order valence-corrected chi connectivity index (χ3v) is 3.67. The number of hydrogen-bond acceptors (Lipinski definition) is 2. The van der Waals surface area contributed by atoms with Crippen LogP contribution < -0.4 is 11.1 Å². The van der Waals surface area contributed by atoms with Crippen LogP contribution in [-0.2, 0) is 4.79 Å². The largest absolute Gasteiger partial charge is 0.352 e. The lowest BCUT2D eigenvalue weighted by Gasteiger charge is -2.29. The topological polar surface area (TPSA) is 55.1 Å². The Morgan fingerprint density at radius 3 is 2.44 bits per heavy atom. The van der Waals surface area contributed by atoms with Crippen molar-refractivity contribution in [1.82, 2.24) is 5.32 Å². The fourth-order valence-electron chi connectivity index (χ4n) is 2.50. The average molecular weight is 226 g/mol. The number of rotatable bonds is 5. The second-order valence-electron chi connectivity index (χ2n) is 5.03. The van der Waals surface area contributed by atoms with Gasteiger partial charge in [0, 0.05) is 6.04 Å². The van der Waals surface area contributed by atoms with E-state index in [9.17, 15) is 4.79 Å². The van der Waals surface area contributed by atoms with Crippen LogP contribution in [0.15, 0.2) is 0 Å². The van der Waals surface area contributed by atoms with Gasteiger partial charge in [-0.25, -0.2) is 0 Å². The van der Waals surface area contributed by atoms with E-state index in [-0.39, 0.29) is 11.9 Å². The van der Waals surface area contributed by atoms with Crippen LogP contribution in [0, 0.1) is 5.92 Å². The van der Waals surface area contributed by atoms with Gasteiger partial charge in [-0.1, -0.05) is 26.7 Å². The van der Waals surface area contributed by atoms with Crippen LogP contribution in [0.4, 0.5) is 0 Å². The minimum Gasteiger partial charge on any atom is -0.352 e. The zero-order chi connectivity index (χ0) is 12.0. The van der Waals surface area contributed by atoms with Gasteiger partial charge in [-0.2, -0.15) is 0 Å². The van der Waals surface area contributed by atoms with E-state index in [2.05, 4.69) is 12.2 Å². The summed E-state index contributed by atoms with van der Waals surface area (Å²) in [6, 6.07) is 0.0478. The molecule has 0 aliphatic heterocycles. The van der Waals surface area contributed by atoms with Crippen LogP contribution in [-0.4, -0.2) is 18.0 Å². The van der Waals surface area contributed by atoms with Gasteiger partial charge in [0.1, 0.15) is 0 Å². The summed E-state index contributed by atoms with van der Waals surface area (Å²) in [4.78, 5) is 11.6. The van der Waals surface area contributed by atoms with Crippen LogP contribution in [0.25, 0.3) is 0 Å². The molecule has 0 aromatic rings. The van der Waals surface area contributed by atoms with E-state index in [1.54, 1.807) is 0 Å². The van der Waals surface area contributed by atoms with Crippen LogP contribution in [0.5, 0.6) is 0 Å². The molecule has 0 spiro atoms. The standard InChI is InChI=1S/C13H26N2O/c1-3-5-10-6-8-11(9-7-10)15-13(16)12(14)4-2/h10-12H,3-9,14H2,1-2H3,(H,15,16)/t10?,11?,12-/m1/s1. The molecule has 0 heterocycles. The summed E-state index contributed by atoms with van der Waals surface area (Å²) in [6.07, 6.45) is 8.13. The molecule has 0 saturated heterocycles. The zero-order valence-electron chi connectivity index (χ0n) is 10.7. The van der Waals surface area contributed by atoms with Crippen molar-refractivity contribution in [3.05, 3.63) is 0 Å². The molecule has 3 nitrogen and oxygen atoms in total. The minimum atomic E-state index is -0.326. The summed E-state index contributed by atoms with van der Waals surface area (Å²) in [6.45, 7) is 4.19. The van der Waals surface area contributed by atoms with E-state index in [4.69, 9.17) is 5.73 Å². The second kappa shape index (κ2) is 6.89. The Bertz CT molecular complexity index is 210. The molecule has 94 valence electrons. The number of carbonyl (C=O) groups is 1. The molecule has 0 unspecified atom stereocenters. The molecule has 1 amide bonds. The Balaban J connectivity index is 2.24. The summed E-state index contributed by atoms with van der Waals surface area (Å²) in [7, 11) is 0. The summed E-state index contributed by atoms with van der Waals surface area (Å²) >= 11 is 0. The first kappa shape index (κ1) is 13.5. The molecule has 1 aliphatic carbocycles. The maximum Gasteiger partial charge on any atom is 0.237 e. The van der Waals surface area contributed by atoms with E-state index in [1.165, 1.54) is 25.7 Å². The smallest absolute Gasteiger partial charge is 0.237 e. The van der Waals surface area contributed by atoms with E-state index in [0.717, 1.165) is 25.2 Å². The first-order chi connectivity index (χ1) is 7.67. The maximum absolute atomic E-state index is 11.6. The molecule has 1 saturated carbocycles. The molecule has 0 aromatic heterocycles. The average Bonchev–Trinajstić information content (AvgIpc) is 2.31. The molecular formula is C13H26N2O. The number of hydrogen-bond donors (Lipinski definition) is 2. The van der Waals surface area contributed by atoms with E-state index in [1.807, 2.05) is 6.92 Å². The lowest BCUT2D eigenvalue weighted by atomic mass is 9.83. The van der Waals surface area contributed by atoms with Gasteiger partial charge in [-0.15, -0.1) is 0 Å². The molecule has 1 aliphatic rings. The first-order valence-corrected chi connectivity index (χ1v) is 6.73. The van der Waals surface area contributed by atoms with Gasteiger partial charge < -0.3 is 11.1 Å². The predicted molar refractivity (Wildman–Crippen MR) is 67.1 cm³/mol. The van der Waals surface area contributed by atoms with E-state index in [0.29, 0.717) is 6.04 Å². The highest BCUT2D eigenvalue weighted by molar-refractivity contribution is 5.81. The Morgan fingerprint density at radius 1 is 1.31 bits per heavy atom. The summed E-state index contributed by atoms with van der Waals surface area (Å²) in [5.74, 6) is 0.916. The molecule has 0 bridgehead atoms. The fourth-order valence-corrected chi connectivity index (χ4v) is 2.50. The normalized spacial score (nSPS) is 27.4. The number of carbonyl (C=O) groups excluding carboxylic acids is 1. The van der Waals surface area contributed by atoms with Crippen molar-refractivity contribution in [2.24, 2.45) is 11.7 Å². The second-order valence-corrected chi connectivity index (χ2v) is 5.03. The van der Waals surface area contributed by atoms with Crippen LogP contribution in [0.2, 0.25) is 0 Å². The van der Waals surface area contributed by atoms with Crippen molar-refractivity contribution in [2.75, 3.05) is 0 Å². The fraction of sp³-hybridized carbons (Fsp3) is 0.923. The monoisotopic (exact) mass is 226 g/mol. The highest BCUT2D eigenvalue weighted by atomic mass is 16.2. The van der Waals surface area contributed by atoms with Crippen LogP contribution >= 0.6 is 0 Å². The third-order valence-electron chi connectivity index (χ3n) is 3.67. The van der Waals surface area contributed by atoms with Gasteiger partial charge in [0.25, 0.3) is 0 Å². The van der Waals surface area contributed by atoms with Gasteiger partial charge in [0.05, 0.1) is 6.04 Å². The number of amides is 1. The molecule has 1 fully saturated rings. The Labute approximate surface area is 99.2 Å². The van der Waals surface area contributed by atoms with Crippen molar-refractivity contribution in [3.63, 3.8) is 0 Å². The lowest BCUT2D eigenvalue weighted by Crippen LogP contribution is -2.46. The molecule has 0 radical (unpaired) electrons. The molecule has 0 aromatic carbocycles. The zero-order valence-corrected chi connectivity index (χ0v) is 10.7. The van der Waals surface area contributed by atoms with Crippen molar-refractivity contribution in [1.29, 1.82) is 0 Å². The number of nitrogens with one attached hydrogen (secondary N) is 1. The van der Waals surface area contributed by atoms with Crippen molar-refractivity contribution < 1.29 is 4.79 Å². The third kappa shape index (κ3) is 4.12. The van der Waals surface area contributed by atoms with Crippen molar-refractivity contribution >= 4 is 5.91 Å². The molecule has 16 heavy (non-hydrogen) atoms. The quantitative estimate of drug-likeness (QED) is 0.755. The molecular weight excluding hydrogens is 200 g/mol. The van der Waals surface area contributed by atoms with E-state index < -0.39 is 0 Å². The Kier molecular flexibility index (Phi) is 5.81. The minimum absolute atomic E-state index is 0.0291. The molecule has 3 N–H and O–H groups in total. The maximum atomic E-state index is 11.6. The molecule has 3 heteroatoms. The van der Waals surface area contributed by atoms with Crippen molar-refractivity contribution in [3.8, 4) is 0 Å². The first-order valence-electron chi connectivity index (χ1n) is 6.73. The summed E-state index contributed by atoms with van der Waals surface area (Å²) < 4.78 is 0. The van der Waals surface area contributed by atoms with Gasteiger partial charge in [-0.3, -0.25) is 4.79 Å². The highest BCUT2D eigenvalue weighted by Gasteiger charge is 2.23. The van der Waals surface area contributed by atoms with Crippen LogP contribution in [0.1, 0.15) is 58.8 Å². The van der Waals surface area contributed by atoms with Gasteiger partial charge in [0.15, 0.2) is 0 Å². The van der Waals surface area contributed by atoms with Gasteiger partial charge in [-0.05, 0) is 38.0 Å². The van der Waals surface area contributed by atoms with E-state index >= 15 is 0 Å². The lowest BCUT2D eigenvalue weighted by molar-refractivity contribution is -0.123. The highest BCUT2D eigenvalue weighted by Crippen LogP contribution is 2.27. The predicted octanol–water partition coefficient (Wildman–Crippen LogP) is 2.20. The van der Waals surface area contributed by atoms with Gasteiger partial charge in [0.2, 0.25) is 5.91 Å².